The Morgan fingerprint density at radius 2 is 1.75 bits per heavy atom. The second-order valence-electron chi connectivity index (χ2n) is 4.68. The molecule has 2 nitrogen and oxygen atoms in total. The van der Waals surface area contributed by atoms with E-state index in [-0.39, 0.29) is 0 Å². The smallest absolute Gasteiger partial charge is 0.0449 e. The van der Waals surface area contributed by atoms with Crippen molar-refractivity contribution in [1.82, 2.24) is 0 Å². The van der Waals surface area contributed by atoms with Crippen LogP contribution in [0.3, 0.4) is 0 Å². The Balaban J connectivity index is 2.84. The molecule has 0 spiro atoms. The summed E-state index contributed by atoms with van der Waals surface area (Å²) in [6.45, 7) is 6.33. The van der Waals surface area contributed by atoms with Gasteiger partial charge in [0.1, 0.15) is 0 Å². The molecule has 2 rings (SSSR count). The standard InChI is InChI=1S/C14H18N2/c1-8(2)11-5-4-10-6-9(3)7-12(15)13(10)14(11)16/h4-8H,15-16H2,1-3H3. The normalized spacial score (nSPS) is 11.2. The van der Waals surface area contributed by atoms with Crippen molar-refractivity contribution in [1.29, 1.82) is 0 Å². The monoisotopic (exact) mass is 214 g/mol. The van der Waals surface area contributed by atoms with Gasteiger partial charge in [-0.25, -0.2) is 0 Å². The van der Waals surface area contributed by atoms with Crippen LogP contribution in [0.25, 0.3) is 10.8 Å². The highest BCUT2D eigenvalue weighted by atomic mass is 14.6. The quantitative estimate of drug-likeness (QED) is 0.714. The summed E-state index contributed by atoms with van der Waals surface area (Å²) in [6.07, 6.45) is 0. The Morgan fingerprint density at radius 1 is 1.06 bits per heavy atom. The molecule has 4 N–H and O–H groups in total. The molecule has 0 heterocycles. The highest BCUT2D eigenvalue weighted by Crippen LogP contribution is 2.34. The predicted molar refractivity (Wildman–Crippen MR) is 71.6 cm³/mol. The topological polar surface area (TPSA) is 52.0 Å². The zero-order valence-corrected chi connectivity index (χ0v) is 10.0. The van der Waals surface area contributed by atoms with Crippen LogP contribution in [-0.2, 0) is 0 Å². The summed E-state index contributed by atoms with van der Waals surface area (Å²) < 4.78 is 0. The molecule has 16 heavy (non-hydrogen) atoms. The van der Waals surface area contributed by atoms with E-state index in [0.717, 1.165) is 22.1 Å². The summed E-state index contributed by atoms with van der Waals surface area (Å²) in [5.41, 5.74) is 16.2. The van der Waals surface area contributed by atoms with Gasteiger partial charge in [0.15, 0.2) is 0 Å². The van der Waals surface area contributed by atoms with E-state index in [1.54, 1.807) is 0 Å². The van der Waals surface area contributed by atoms with Gasteiger partial charge in [0.25, 0.3) is 0 Å². The van der Waals surface area contributed by atoms with Crippen LogP contribution < -0.4 is 11.5 Å². The Labute approximate surface area is 96.3 Å². The van der Waals surface area contributed by atoms with Gasteiger partial charge in [0.2, 0.25) is 0 Å². The van der Waals surface area contributed by atoms with Gasteiger partial charge in [-0.3, -0.25) is 0 Å². The summed E-state index contributed by atoms with van der Waals surface area (Å²) in [6, 6.07) is 8.29. The molecule has 0 aliphatic rings. The van der Waals surface area contributed by atoms with Gasteiger partial charge in [-0.15, -0.1) is 0 Å². The van der Waals surface area contributed by atoms with Crippen molar-refractivity contribution in [3.8, 4) is 0 Å². The summed E-state index contributed by atoms with van der Waals surface area (Å²) in [5, 5.41) is 2.12. The molecule has 84 valence electrons. The summed E-state index contributed by atoms with van der Waals surface area (Å²) >= 11 is 0. The molecule has 0 amide bonds. The molecule has 0 saturated carbocycles. The first-order valence-corrected chi connectivity index (χ1v) is 5.59. The fourth-order valence-electron chi connectivity index (χ4n) is 2.20. The lowest BCUT2D eigenvalue weighted by Gasteiger charge is -2.14. The van der Waals surface area contributed by atoms with E-state index in [9.17, 15) is 0 Å². The van der Waals surface area contributed by atoms with E-state index in [2.05, 4.69) is 32.0 Å². The van der Waals surface area contributed by atoms with Gasteiger partial charge in [0, 0.05) is 16.8 Å². The predicted octanol–water partition coefficient (Wildman–Crippen LogP) is 3.44. The third kappa shape index (κ3) is 1.60. The lowest BCUT2D eigenvalue weighted by atomic mass is 9.95. The van der Waals surface area contributed by atoms with Gasteiger partial charge in [-0.2, -0.15) is 0 Å². The molecule has 0 aromatic heterocycles. The Hall–Kier alpha value is -1.70. The minimum Gasteiger partial charge on any atom is -0.398 e. The van der Waals surface area contributed by atoms with Crippen molar-refractivity contribution in [3.05, 3.63) is 35.4 Å². The fraction of sp³-hybridized carbons (Fsp3) is 0.286. The van der Waals surface area contributed by atoms with Crippen molar-refractivity contribution in [2.45, 2.75) is 26.7 Å². The summed E-state index contributed by atoms with van der Waals surface area (Å²) in [5.74, 6) is 0.421. The van der Waals surface area contributed by atoms with Crippen molar-refractivity contribution < 1.29 is 0 Å². The second kappa shape index (κ2) is 3.71. The molecule has 0 unspecified atom stereocenters. The molecule has 2 heteroatoms. The minimum absolute atomic E-state index is 0.421. The lowest BCUT2D eigenvalue weighted by molar-refractivity contribution is 0.872. The lowest BCUT2D eigenvalue weighted by Crippen LogP contribution is -2.00. The molecule has 0 atom stereocenters. The van der Waals surface area contributed by atoms with Gasteiger partial charge in [-0.1, -0.05) is 32.0 Å². The molecule has 0 saturated heterocycles. The third-order valence-corrected chi connectivity index (χ3v) is 2.99. The van der Waals surface area contributed by atoms with E-state index in [0.29, 0.717) is 5.92 Å². The van der Waals surface area contributed by atoms with Crippen LogP contribution in [0.2, 0.25) is 0 Å². The van der Waals surface area contributed by atoms with E-state index in [1.807, 2.05) is 13.0 Å². The molecule has 0 radical (unpaired) electrons. The maximum atomic E-state index is 6.19. The second-order valence-corrected chi connectivity index (χ2v) is 4.68. The van der Waals surface area contributed by atoms with Crippen LogP contribution in [0, 0.1) is 6.92 Å². The minimum atomic E-state index is 0.421. The largest absolute Gasteiger partial charge is 0.398 e. The number of hydrogen-bond acceptors (Lipinski definition) is 2. The molecular weight excluding hydrogens is 196 g/mol. The molecule has 2 aromatic rings. The van der Waals surface area contributed by atoms with E-state index < -0.39 is 0 Å². The van der Waals surface area contributed by atoms with Gasteiger partial charge in [-0.05, 0) is 35.4 Å². The zero-order chi connectivity index (χ0) is 11.9. The van der Waals surface area contributed by atoms with E-state index >= 15 is 0 Å². The van der Waals surface area contributed by atoms with Gasteiger partial charge < -0.3 is 11.5 Å². The van der Waals surface area contributed by atoms with Crippen LogP contribution in [0.5, 0.6) is 0 Å². The number of fused-ring (bicyclic) bond motifs is 1. The molecule has 2 aromatic carbocycles. The number of anilines is 2. The number of aryl methyl sites for hydroxylation is 1. The first-order chi connectivity index (χ1) is 7.50. The van der Waals surface area contributed by atoms with Crippen molar-refractivity contribution in [2.75, 3.05) is 11.5 Å². The van der Waals surface area contributed by atoms with E-state index in [1.165, 1.54) is 11.1 Å². The number of rotatable bonds is 1. The maximum absolute atomic E-state index is 6.19. The zero-order valence-electron chi connectivity index (χ0n) is 10.0. The van der Waals surface area contributed by atoms with Crippen LogP contribution in [-0.4, -0.2) is 0 Å². The molecule has 0 bridgehead atoms. The number of nitrogen functional groups attached to an aromatic ring is 2. The van der Waals surface area contributed by atoms with Crippen molar-refractivity contribution in [3.63, 3.8) is 0 Å². The number of nitrogens with two attached hydrogens (primary N) is 2. The number of benzene rings is 2. The van der Waals surface area contributed by atoms with Gasteiger partial charge >= 0.3 is 0 Å². The Morgan fingerprint density at radius 3 is 2.38 bits per heavy atom. The third-order valence-electron chi connectivity index (χ3n) is 2.99. The van der Waals surface area contributed by atoms with Crippen LogP contribution in [0.4, 0.5) is 11.4 Å². The molecule has 0 fully saturated rings. The van der Waals surface area contributed by atoms with Crippen molar-refractivity contribution in [2.24, 2.45) is 0 Å². The van der Waals surface area contributed by atoms with Crippen LogP contribution >= 0.6 is 0 Å². The van der Waals surface area contributed by atoms with Gasteiger partial charge in [0.05, 0.1) is 0 Å². The average molecular weight is 214 g/mol. The van der Waals surface area contributed by atoms with Crippen LogP contribution in [0.1, 0.15) is 30.9 Å². The molecule has 0 aliphatic heterocycles. The molecule has 0 aliphatic carbocycles. The SMILES string of the molecule is Cc1cc(N)c2c(N)c(C(C)C)ccc2c1. The van der Waals surface area contributed by atoms with E-state index in [4.69, 9.17) is 11.5 Å². The first kappa shape index (κ1) is 10.8. The summed E-state index contributed by atoms with van der Waals surface area (Å²) in [7, 11) is 0. The first-order valence-electron chi connectivity index (χ1n) is 5.59. The number of hydrogen-bond donors (Lipinski definition) is 2. The average Bonchev–Trinajstić information content (AvgIpc) is 2.15. The maximum Gasteiger partial charge on any atom is 0.0449 e. The Kier molecular flexibility index (Phi) is 2.50. The molecular formula is C14H18N2. The van der Waals surface area contributed by atoms with Crippen LogP contribution in [0.15, 0.2) is 24.3 Å². The fourth-order valence-corrected chi connectivity index (χ4v) is 2.20. The van der Waals surface area contributed by atoms with Crippen molar-refractivity contribution >= 4 is 22.1 Å². The highest BCUT2D eigenvalue weighted by Gasteiger charge is 2.10. The summed E-state index contributed by atoms with van der Waals surface area (Å²) in [4.78, 5) is 0. The highest BCUT2D eigenvalue weighted by molar-refractivity contribution is 6.03. The Bertz CT molecular complexity index is 542.